The van der Waals surface area contributed by atoms with Gasteiger partial charge in [-0.3, -0.25) is 4.79 Å². The van der Waals surface area contributed by atoms with Crippen molar-refractivity contribution in [2.24, 2.45) is 24.3 Å². The summed E-state index contributed by atoms with van der Waals surface area (Å²) in [6, 6.07) is 3.68. The summed E-state index contributed by atoms with van der Waals surface area (Å²) in [7, 11) is 3.52. The van der Waals surface area contributed by atoms with E-state index in [1.54, 1.807) is 23.7 Å². The van der Waals surface area contributed by atoms with E-state index in [-0.39, 0.29) is 24.7 Å². The lowest BCUT2D eigenvalue weighted by Gasteiger charge is -2.29. The first-order chi connectivity index (χ1) is 16.8. The molecule has 3 fully saturated rings. The van der Waals surface area contributed by atoms with Crippen LogP contribution in [0.25, 0.3) is 11.4 Å². The lowest BCUT2D eigenvalue weighted by atomic mass is 9.85. The van der Waals surface area contributed by atoms with Crippen molar-refractivity contribution in [3.8, 4) is 17.1 Å². The van der Waals surface area contributed by atoms with Gasteiger partial charge in [0.1, 0.15) is 29.8 Å². The smallest absolute Gasteiger partial charge is 0.409 e. The third-order valence-corrected chi connectivity index (χ3v) is 8.02. The van der Waals surface area contributed by atoms with Crippen molar-refractivity contribution < 1.29 is 24.2 Å². The van der Waals surface area contributed by atoms with E-state index in [1.165, 1.54) is 19.3 Å². The number of pyridine rings is 1. The number of fused-ring (bicyclic) bond motifs is 1. The zero-order chi connectivity index (χ0) is 24.7. The van der Waals surface area contributed by atoms with Crippen LogP contribution in [0.15, 0.2) is 12.1 Å². The number of amides is 1. The molecule has 0 aromatic carbocycles. The summed E-state index contributed by atoms with van der Waals surface area (Å²) in [5.74, 6) is 0.590. The van der Waals surface area contributed by atoms with Crippen LogP contribution in [0.4, 0.5) is 4.79 Å². The number of ether oxygens (including phenoxy) is 2. The highest BCUT2D eigenvalue weighted by Crippen LogP contribution is 2.62. The predicted molar refractivity (Wildman–Crippen MR) is 126 cm³/mol. The van der Waals surface area contributed by atoms with Crippen LogP contribution in [0, 0.1) is 24.2 Å². The standard InChI is InChI=1S/C25H33N5O5/c1-15-20(35-21-8-5-11-25(23(31)32)12-17(21)25)10-9-18(26-15)22-19(30(3)28-27-22)14-34-24(33)29(2)13-16-6-4-7-16/h9-10,16-17,21H,4-8,11-14H2,1-3H3,(H,31,32)/t17-,21+,25+/m0/s1. The van der Waals surface area contributed by atoms with E-state index in [1.807, 2.05) is 19.1 Å². The van der Waals surface area contributed by atoms with Crippen molar-refractivity contribution in [1.82, 2.24) is 24.9 Å². The maximum atomic E-state index is 12.4. The second kappa shape index (κ2) is 9.13. The summed E-state index contributed by atoms with van der Waals surface area (Å²) in [5.41, 5.74) is 1.94. The molecule has 3 aliphatic carbocycles. The Morgan fingerprint density at radius 2 is 2.06 bits per heavy atom. The molecule has 188 valence electrons. The van der Waals surface area contributed by atoms with Gasteiger partial charge in [-0.25, -0.2) is 14.5 Å². The fourth-order valence-electron chi connectivity index (χ4n) is 5.50. The predicted octanol–water partition coefficient (Wildman–Crippen LogP) is 3.58. The molecule has 0 bridgehead atoms. The van der Waals surface area contributed by atoms with Gasteiger partial charge in [-0.2, -0.15) is 0 Å². The van der Waals surface area contributed by atoms with E-state index in [0.717, 1.165) is 19.3 Å². The minimum atomic E-state index is -0.703. The van der Waals surface area contributed by atoms with E-state index in [4.69, 9.17) is 9.47 Å². The molecule has 1 N–H and O–H groups in total. The maximum Gasteiger partial charge on any atom is 0.409 e. The van der Waals surface area contributed by atoms with Gasteiger partial charge in [-0.1, -0.05) is 11.6 Å². The van der Waals surface area contributed by atoms with Crippen molar-refractivity contribution in [1.29, 1.82) is 0 Å². The first-order valence-electron chi connectivity index (χ1n) is 12.4. The van der Waals surface area contributed by atoms with Gasteiger partial charge in [-0.15, -0.1) is 5.10 Å². The van der Waals surface area contributed by atoms with Crippen LogP contribution < -0.4 is 4.74 Å². The molecule has 0 radical (unpaired) electrons. The van der Waals surface area contributed by atoms with Crippen LogP contribution >= 0.6 is 0 Å². The first kappa shape index (κ1) is 23.6. The van der Waals surface area contributed by atoms with Crippen LogP contribution in [-0.2, 0) is 23.2 Å². The van der Waals surface area contributed by atoms with E-state index in [2.05, 4.69) is 15.3 Å². The molecular weight excluding hydrogens is 450 g/mol. The number of hydrogen-bond acceptors (Lipinski definition) is 7. The molecule has 10 nitrogen and oxygen atoms in total. The second-order valence-corrected chi connectivity index (χ2v) is 10.3. The van der Waals surface area contributed by atoms with Gasteiger partial charge >= 0.3 is 12.1 Å². The first-order valence-corrected chi connectivity index (χ1v) is 12.4. The van der Waals surface area contributed by atoms with Gasteiger partial charge in [0, 0.05) is 26.6 Å². The molecule has 3 aliphatic rings. The number of hydrogen-bond donors (Lipinski definition) is 1. The third-order valence-electron chi connectivity index (χ3n) is 8.02. The Morgan fingerprint density at radius 3 is 2.74 bits per heavy atom. The number of carbonyl (C=O) groups is 2. The number of carboxylic acids is 1. The molecule has 0 unspecified atom stereocenters. The second-order valence-electron chi connectivity index (χ2n) is 10.3. The molecule has 35 heavy (non-hydrogen) atoms. The van der Waals surface area contributed by atoms with Crippen LogP contribution in [0.1, 0.15) is 56.3 Å². The third kappa shape index (κ3) is 4.46. The maximum absolute atomic E-state index is 12.4. The Bertz CT molecular complexity index is 1130. The Labute approximate surface area is 204 Å². The molecule has 1 amide bonds. The van der Waals surface area contributed by atoms with Gasteiger partial charge in [0.15, 0.2) is 0 Å². The van der Waals surface area contributed by atoms with Crippen molar-refractivity contribution in [3.05, 3.63) is 23.5 Å². The molecule has 0 saturated heterocycles. The molecule has 3 saturated carbocycles. The molecule has 3 atom stereocenters. The van der Waals surface area contributed by atoms with Crippen molar-refractivity contribution in [3.63, 3.8) is 0 Å². The molecule has 2 aromatic heterocycles. The lowest BCUT2D eigenvalue weighted by molar-refractivity contribution is -0.145. The minimum Gasteiger partial charge on any atom is -0.488 e. The van der Waals surface area contributed by atoms with Crippen LogP contribution in [0.5, 0.6) is 5.75 Å². The Morgan fingerprint density at radius 1 is 1.26 bits per heavy atom. The SMILES string of the molecule is Cc1nc(-c2nnn(C)c2COC(=O)N(C)CC2CCC2)ccc1O[C@@H]1CCC[C@@]2(C(=O)O)C[C@@H]12. The normalized spacial score (nSPS) is 25.3. The van der Waals surface area contributed by atoms with Crippen molar-refractivity contribution in [2.45, 2.75) is 64.6 Å². The number of aromatic nitrogens is 4. The van der Waals surface area contributed by atoms with E-state index >= 15 is 0 Å². The fourth-order valence-corrected chi connectivity index (χ4v) is 5.50. The van der Waals surface area contributed by atoms with E-state index < -0.39 is 11.4 Å². The highest BCUT2D eigenvalue weighted by molar-refractivity contribution is 5.79. The summed E-state index contributed by atoms with van der Waals surface area (Å²) in [5, 5.41) is 18.0. The molecule has 10 heteroatoms. The number of carboxylic acid groups (broad SMARTS) is 1. The number of aryl methyl sites for hydroxylation is 2. The van der Waals surface area contributed by atoms with Crippen LogP contribution in [0.2, 0.25) is 0 Å². The number of rotatable bonds is 8. The van der Waals surface area contributed by atoms with Crippen molar-refractivity contribution in [2.75, 3.05) is 13.6 Å². The highest BCUT2D eigenvalue weighted by atomic mass is 16.6. The topological polar surface area (TPSA) is 120 Å². The summed E-state index contributed by atoms with van der Waals surface area (Å²) < 4.78 is 13.4. The molecule has 0 spiro atoms. The van der Waals surface area contributed by atoms with Crippen LogP contribution in [0.3, 0.4) is 0 Å². The largest absolute Gasteiger partial charge is 0.488 e. The molecular formula is C25H33N5O5. The van der Waals surface area contributed by atoms with Gasteiger partial charge in [0.2, 0.25) is 0 Å². The average molecular weight is 484 g/mol. The Balaban J connectivity index is 1.25. The Hall–Kier alpha value is -3.17. The monoisotopic (exact) mass is 483 g/mol. The zero-order valence-corrected chi connectivity index (χ0v) is 20.6. The number of nitrogens with zero attached hydrogens (tertiary/aromatic N) is 5. The fraction of sp³-hybridized carbons (Fsp3) is 0.640. The van der Waals surface area contributed by atoms with E-state index in [9.17, 15) is 14.7 Å². The zero-order valence-electron chi connectivity index (χ0n) is 20.6. The summed E-state index contributed by atoms with van der Waals surface area (Å²) in [6.07, 6.45) is 6.24. The quantitative estimate of drug-likeness (QED) is 0.605. The minimum absolute atomic E-state index is 0.0483. The molecule has 5 rings (SSSR count). The van der Waals surface area contributed by atoms with Crippen molar-refractivity contribution >= 4 is 12.1 Å². The molecule has 2 heterocycles. The lowest BCUT2D eigenvalue weighted by Crippen LogP contribution is -2.34. The summed E-state index contributed by atoms with van der Waals surface area (Å²) >= 11 is 0. The summed E-state index contributed by atoms with van der Waals surface area (Å²) in [4.78, 5) is 30.5. The highest BCUT2D eigenvalue weighted by Gasteiger charge is 2.65. The van der Waals surface area contributed by atoms with Gasteiger partial charge in [0.05, 0.1) is 16.8 Å². The van der Waals surface area contributed by atoms with E-state index in [0.29, 0.717) is 47.4 Å². The average Bonchev–Trinajstić information content (AvgIpc) is 3.47. The number of carbonyl (C=O) groups excluding carboxylic acids is 1. The van der Waals surface area contributed by atoms with Gasteiger partial charge < -0.3 is 19.5 Å². The van der Waals surface area contributed by atoms with Gasteiger partial charge in [-0.05, 0) is 63.5 Å². The molecule has 0 aliphatic heterocycles. The Kier molecular flexibility index (Phi) is 6.14. The van der Waals surface area contributed by atoms with Gasteiger partial charge in [0.25, 0.3) is 0 Å². The molecule has 2 aromatic rings. The number of aliphatic carboxylic acids is 1. The van der Waals surface area contributed by atoms with Crippen LogP contribution in [-0.4, -0.2) is 61.7 Å². The summed E-state index contributed by atoms with van der Waals surface area (Å²) in [6.45, 7) is 2.63.